The summed E-state index contributed by atoms with van der Waals surface area (Å²) < 4.78 is 13.4. The van der Waals surface area contributed by atoms with Gasteiger partial charge in [-0.3, -0.25) is 14.9 Å². The van der Waals surface area contributed by atoms with E-state index in [1.807, 2.05) is 5.32 Å². The molecule has 0 spiro atoms. The van der Waals surface area contributed by atoms with Crippen molar-refractivity contribution in [1.82, 2.24) is 5.32 Å². The third kappa shape index (κ3) is 3.26. The highest BCUT2D eigenvalue weighted by molar-refractivity contribution is 6.40. The molecule has 2 N–H and O–H groups in total. The van der Waals surface area contributed by atoms with Gasteiger partial charge in [0, 0.05) is 0 Å². The lowest BCUT2D eigenvalue weighted by atomic mass is 10.1. The number of halogens is 3. The molecule has 2 aromatic rings. The Morgan fingerprint density at radius 2 is 1.73 bits per heavy atom. The number of nitrogens with zero attached hydrogens (tertiary/aromatic N) is 1. The van der Waals surface area contributed by atoms with Gasteiger partial charge in [-0.2, -0.15) is 0 Å². The molecular formula is C17H9Cl2FN2O4. The molecule has 0 radical (unpaired) electrons. The highest BCUT2D eigenvalue weighted by Gasteiger charge is 2.37. The van der Waals surface area contributed by atoms with Crippen LogP contribution in [0.5, 0.6) is 5.75 Å². The lowest BCUT2D eigenvalue weighted by molar-refractivity contribution is -0.122. The first-order valence-corrected chi connectivity index (χ1v) is 7.88. The van der Waals surface area contributed by atoms with Crippen LogP contribution in [0, 0.1) is 5.82 Å². The quantitative estimate of drug-likeness (QED) is 0.602. The summed E-state index contributed by atoms with van der Waals surface area (Å²) in [5.74, 6) is -2.85. The number of imide groups is 2. The maximum atomic E-state index is 13.4. The van der Waals surface area contributed by atoms with Crippen molar-refractivity contribution < 1.29 is 23.9 Å². The number of nitrogens with one attached hydrogen (secondary N) is 1. The second kappa shape index (κ2) is 6.78. The molecule has 132 valence electrons. The van der Waals surface area contributed by atoms with Crippen molar-refractivity contribution in [3.63, 3.8) is 0 Å². The Morgan fingerprint density at radius 3 is 2.35 bits per heavy atom. The van der Waals surface area contributed by atoms with Gasteiger partial charge >= 0.3 is 6.03 Å². The van der Waals surface area contributed by atoms with Crippen molar-refractivity contribution in [2.45, 2.75) is 0 Å². The Morgan fingerprint density at radius 1 is 1.08 bits per heavy atom. The smallest absolute Gasteiger partial charge is 0.335 e. The monoisotopic (exact) mass is 394 g/mol. The lowest BCUT2D eigenvalue weighted by Gasteiger charge is -2.26. The van der Waals surface area contributed by atoms with E-state index in [9.17, 15) is 23.9 Å². The van der Waals surface area contributed by atoms with E-state index >= 15 is 0 Å². The minimum absolute atomic E-state index is 0.0346. The molecule has 1 aliphatic rings. The molecular weight excluding hydrogens is 386 g/mol. The molecule has 0 aliphatic carbocycles. The van der Waals surface area contributed by atoms with Crippen LogP contribution < -0.4 is 10.2 Å². The number of barbiturate groups is 1. The van der Waals surface area contributed by atoms with Crippen LogP contribution in [0.2, 0.25) is 10.0 Å². The molecule has 1 fully saturated rings. The summed E-state index contributed by atoms with van der Waals surface area (Å²) in [6.45, 7) is 0. The highest BCUT2D eigenvalue weighted by Crippen LogP contribution is 2.33. The van der Waals surface area contributed by atoms with E-state index in [-0.39, 0.29) is 32.6 Å². The Balaban J connectivity index is 2.06. The maximum absolute atomic E-state index is 13.4. The number of hydrogen-bond donors (Lipinski definition) is 2. The minimum atomic E-state index is -0.996. The Hall–Kier alpha value is -2.90. The zero-order chi connectivity index (χ0) is 19.0. The van der Waals surface area contributed by atoms with Gasteiger partial charge in [0.25, 0.3) is 11.8 Å². The van der Waals surface area contributed by atoms with E-state index in [4.69, 9.17) is 23.2 Å². The van der Waals surface area contributed by atoms with E-state index in [1.165, 1.54) is 24.3 Å². The number of phenolic OH excluding ortho intramolecular Hbond substituents is 1. The third-order valence-electron chi connectivity index (χ3n) is 3.52. The van der Waals surface area contributed by atoms with Crippen LogP contribution in [0.1, 0.15) is 5.56 Å². The largest absolute Gasteiger partial charge is 0.505 e. The van der Waals surface area contributed by atoms with Crippen molar-refractivity contribution in [3.8, 4) is 5.75 Å². The number of carbonyl (C=O) groups is 3. The summed E-state index contributed by atoms with van der Waals surface area (Å²) in [6, 6.07) is 6.40. The Labute approximate surface area is 156 Å². The first kappa shape index (κ1) is 17.9. The molecule has 0 unspecified atom stereocenters. The summed E-state index contributed by atoms with van der Waals surface area (Å²) in [4.78, 5) is 37.4. The number of hydrogen-bond acceptors (Lipinski definition) is 4. The van der Waals surface area contributed by atoms with Crippen LogP contribution in [0.15, 0.2) is 42.0 Å². The molecule has 0 atom stereocenters. The lowest BCUT2D eigenvalue weighted by Crippen LogP contribution is -2.54. The maximum Gasteiger partial charge on any atom is 0.335 e. The van der Waals surface area contributed by atoms with Gasteiger partial charge in [0.15, 0.2) is 5.75 Å². The fraction of sp³-hybridized carbons (Fsp3) is 0. The molecule has 6 nitrogen and oxygen atoms in total. The Bertz CT molecular complexity index is 967. The third-order valence-corrected chi connectivity index (χ3v) is 4.09. The average molecular weight is 395 g/mol. The fourth-order valence-corrected chi connectivity index (χ4v) is 2.85. The molecule has 1 saturated heterocycles. The van der Waals surface area contributed by atoms with Crippen LogP contribution in [-0.4, -0.2) is 23.0 Å². The number of amides is 4. The SMILES string of the molecule is O=C1NC(=O)N(c2cccc(F)c2)C(=O)/C1=C/c1cc(Cl)c(O)c(Cl)c1. The van der Waals surface area contributed by atoms with E-state index in [2.05, 4.69) is 0 Å². The van der Waals surface area contributed by atoms with E-state index in [1.54, 1.807) is 0 Å². The van der Waals surface area contributed by atoms with Gasteiger partial charge in [0.1, 0.15) is 11.4 Å². The van der Waals surface area contributed by atoms with E-state index in [0.29, 0.717) is 4.90 Å². The van der Waals surface area contributed by atoms with Crippen molar-refractivity contribution in [3.05, 3.63) is 63.4 Å². The van der Waals surface area contributed by atoms with Gasteiger partial charge in [-0.05, 0) is 42.0 Å². The van der Waals surface area contributed by atoms with Crippen molar-refractivity contribution >= 4 is 52.8 Å². The van der Waals surface area contributed by atoms with Gasteiger partial charge in [-0.25, -0.2) is 14.1 Å². The fourth-order valence-electron chi connectivity index (χ4n) is 2.34. The second-order valence-corrected chi connectivity index (χ2v) is 6.09. The molecule has 4 amide bonds. The van der Waals surface area contributed by atoms with Crippen LogP contribution >= 0.6 is 23.2 Å². The van der Waals surface area contributed by atoms with Gasteiger partial charge in [-0.15, -0.1) is 0 Å². The summed E-state index contributed by atoms with van der Waals surface area (Å²) in [5.41, 5.74) is -0.163. The first-order valence-electron chi connectivity index (χ1n) is 7.13. The zero-order valence-electron chi connectivity index (χ0n) is 12.8. The minimum Gasteiger partial charge on any atom is -0.505 e. The summed E-state index contributed by atoms with van der Waals surface area (Å²) in [5, 5.41) is 11.4. The molecule has 0 aromatic heterocycles. The van der Waals surface area contributed by atoms with Crippen LogP contribution in [0.25, 0.3) is 6.08 Å². The normalized spacial score (nSPS) is 16.2. The first-order chi connectivity index (χ1) is 12.3. The predicted molar refractivity (Wildman–Crippen MR) is 93.5 cm³/mol. The number of phenols is 1. The van der Waals surface area contributed by atoms with Crippen molar-refractivity contribution in [2.75, 3.05) is 4.90 Å². The zero-order valence-corrected chi connectivity index (χ0v) is 14.3. The van der Waals surface area contributed by atoms with Crippen LogP contribution in [0.3, 0.4) is 0 Å². The van der Waals surface area contributed by atoms with Crippen LogP contribution in [-0.2, 0) is 9.59 Å². The number of carbonyl (C=O) groups excluding carboxylic acids is 3. The summed E-state index contributed by atoms with van der Waals surface area (Å²) in [7, 11) is 0. The molecule has 1 aliphatic heterocycles. The van der Waals surface area contributed by atoms with Gasteiger partial charge in [-0.1, -0.05) is 29.3 Å². The molecule has 1 heterocycles. The van der Waals surface area contributed by atoms with Crippen molar-refractivity contribution in [2.24, 2.45) is 0 Å². The number of aromatic hydroxyl groups is 1. The van der Waals surface area contributed by atoms with Gasteiger partial charge < -0.3 is 5.11 Å². The standard InChI is InChI=1S/C17H9Cl2FN2O4/c18-12-5-8(6-13(19)14(12)23)4-11-15(24)21-17(26)22(16(11)25)10-3-1-2-9(20)7-10/h1-7,23H,(H,21,24,26)/b11-4+. The van der Waals surface area contributed by atoms with Crippen molar-refractivity contribution in [1.29, 1.82) is 0 Å². The van der Waals surface area contributed by atoms with E-state index in [0.717, 1.165) is 18.2 Å². The van der Waals surface area contributed by atoms with E-state index < -0.39 is 23.7 Å². The highest BCUT2D eigenvalue weighted by atomic mass is 35.5. The second-order valence-electron chi connectivity index (χ2n) is 5.27. The number of benzene rings is 2. The number of rotatable bonds is 2. The molecule has 3 rings (SSSR count). The van der Waals surface area contributed by atoms with Gasteiger partial charge in [0.05, 0.1) is 15.7 Å². The predicted octanol–water partition coefficient (Wildman–Crippen LogP) is 3.50. The summed E-state index contributed by atoms with van der Waals surface area (Å²) in [6.07, 6.45) is 1.16. The molecule has 0 bridgehead atoms. The number of urea groups is 1. The number of anilines is 1. The summed E-state index contributed by atoms with van der Waals surface area (Å²) >= 11 is 11.6. The Kier molecular flexibility index (Phi) is 4.67. The molecule has 9 heteroatoms. The van der Waals surface area contributed by atoms with Gasteiger partial charge in [0.2, 0.25) is 0 Å². The molecule has 26 heavy (non-hydrogen) atoms. The molecule has 2 aromatic carbocycles. The van der Waals surface area contributed by atoms with Crippen LogP contribution in [0.4, 0.5) is 14.9 Å². The topological polar surface area (TPSA) is 86.7 Å². The average Bonchev–Trinajstić information content (AvgIpc) is 2.56. The molecule has 0 saturated carbocycles.